The van der Waals surface area contributed by atoms with E-state index in [1.165, 1.54) is 36.1 Å². The van der Waals surface area contributed by atoms with Crippen LogP contribution in [0.4, 0.5) is 0 Å². The molecule has 1 amide bonds. The molecule has 0 radical (unpaired) electrons. The molecule has 0 bridgehead atoms. The molecule has 7 heteroatoms. The lowest BCUT2D eigenvalue weighted by Gasteiger charge is -2.21. The van der Waals surface area contributed by atoms with E-state index >= 15 is 0 Å². The van der Waals surface area contributed by atoms with Crippen molar-refractivity contribution in [2.75, 3.05) is 13.2 Å². The maximum absolute atomic E-state index is 12.2. The van der Waals surface area contributed by atoms with Gasteiger partial charge in [0, 0.05) is 12.6 Å². The molecular weight excluding hydrogens is 358 g/mol. The largest absolute Gasteiger partial charge is 0.451 e. The second kappa shape index (κ2) is 9.82. The van der Waals surface area contributed by atoms with Crippen LogP contribution in [-0.4, -0.2) is 34.8 Å². The average Bonchev–Trinajstić information content (AvgIpc) is 2.73. The number of nitrogens with zero attached hydrogens (tertiary/aromatic N) is 2. The monoisotopic (exact) mass is 383 g/mol. The van der Waals surface area contributed by atoms with Gasteiger partial charge in [0.1, 0.15) is 0 Å². The summed E-state index contributed by atoms with van der Waals surface area (Å²) < 4.78 is 6.25. The Morgan fingerprint density at radius 2 is 1.82 bits per heavy atom. The van der Waals surface area contributed by atoms with Gasteiger partial charge in [-0.05, 0) is 30.4 Å². The first-order valence-electron chi connectivity index (χ1n) is 9.68. The van der Waals surface area contributed by atoms with Gasteiger partial charge in [-0.1, -0.05) is 49.6 Å². The normalized spacial score (nSPS) is 14.4. The van der Waals surface area contributed by atoms with Gasteiger partial charge in [0.05, 0.1) is 6.54 Å². The van der Waals surface area contributed by atoms with Gasteiger partial charge in [-0.3, -0.25) is 9.59 Å². The smallest absolute Gasteiger partial charge is 0.359 e. The standard InChI is InChI=1S/C21H25N3O4/c25-19(22-13-16-7-3-1-4-8-16)15-28-21(27)18-11-12-20(26)24(23-18)14-17-9-5-2-6-10-17/h2,5-6,9-12,16H,1,3-4,7-8,13-15H2,(H,22,25). The number of carbonyl (C=O) groups excluding carboxylic acids is 2. The Hall–Kier alpha value is -2.96. The number of carbonyl (C=O) groups is 2. The Labute approximate surface area is 163 Å². The number of rotatable bonds is 7. The third-order valence-electron chi connectivity index (χ3n) is 4.90. The molecule has 1 fully saturated rings. The lowest BCUT2D eigenvalue weighted by atomic mass is 9.89. The molecule has 0 aliphatic heterocycles. The zero-order valence-corrected chi connectivity index (χ0v) is 15.8. The molecule has 1 heterocycles. The van der Waals surface area contributed by atoms with E-state index in [9.17, 15) is 14.4 Å². The molecule has 28 heavy (non-hydrogen) atoms. The van der Waals surface area contributed by atoms with Crippen LogP contribution in [0.15, 0.2) is 47.3 Å². The summed E-state index contributed by atoms with van der Waals surface area (Å²) in [6.07, 6.45) is 5.95. The first-order chi connectivity index (χ1) is 13.6. The zero-order valence-electron chi connectivity index (χ0n) is 15.8. The first kappa shape index (κ1) is 19.8. The highest BCUT2D eigenvalue weighted by molar-refractivity contribution is 5.89. The van der Waals surface area contributed by atoms with Crippen molar-refractivity contribution in [2.24, 2.45) is 5.92 Å². The lowest BCUT2D eigenvalue weighted by Crippen LogP contribution is -2.34. The summed E-state index contributed by atoms with van der Waals surface area (Å²) in [7, 11) is 0. The maximum atomic E-state index is 12.2. The Balaban J connectivity index is 1.51. The minimum absolute atomic E-state index is 0.00406. The highest BCUT2D eigenvalue weighted by Gasteiger charge is 2.16. The van der Waals surface area contributed by atoms with Crippen molar-refractivity contribution in [3.8, 4) is 0 Å². The molecule has 1 saturated carbocycles. The van der Waals surface area contributed by atoms with E-state index in [0.717, 1.165) is 18.4 Å². The number of ether oxygens (including phenoxy) is 1. The minimum atomic E-state index is -0.727. The summed E-state index contributed by atoms with van der Waals surface area (Å²) in [6, 6.07) is 11.9. The number of benzene rings is 1. The summed E-state index contributed by atoms with van der Waals surface area (Å²) in [5, 5.41) is 6.88. The third-order valence-corrected chi connectivity index (χ3v) is 4.90. The highest BCUT2D eigenvalue weighted by Crippen LogP contribution is 2.22. The van der Waals surface area contributed by atoms with Gasteiger partial charge < -0.3 is 10.1 Å². The van der Waals surface area contributed by atoms with Crippen LogP contribution in [-0.2, 0) is 16.1 Å². The van der Waals surface area contributed by atoms with Gasteiger partial charge in [0.25, 0.3) is 11.5 Å². The van der Waals surface area contributed by atoms with Crippen LogP contribution in [0.1, 0.15) is 48.2 Å². The highest BCUT2D eigenvalue weighted by atomic mass is 16.5. The van der Waals surface area contributed by atoms with Gasteiger partial charge in [-0.15, -0.1) is 0 Å². The second-order valence-electron chi connectivity index (χ2n) is 7.08. The molecule has 1 aliphatic carbocycles. The Kier molecular flexibility index (Phi) is 6.94. The number of amides is 1. The van der Waals surface area contributed by atoms with Crippen LogP contribution in [0.2, 0.25) is 0 Å². The zero-order chi connectivity index (χ0) is 19.8. The van der Waals surface area contributed by atoms with Gasteiger partial charge >= 0.3 is 5.97 Å². The lowest BCUT2D eigenvalue weighted by molar-refractivity contribution is -0.124. The van der Waals surface area contributed by atoms with Crippen LogP contribution in [0.5, 0.6) is 0 Å². The Bertz CT molecular complexity index is 857. The van der Waals surface area contributed by atoms with Gasteiger partial charge in [0.15, 0.2) is 12.3 Å². The summed E-state index contributed by atoms with van der Waals surface area (Å²) >= 11 is 0. The van der Waals surface area contributed by atoms with Gasteiger partial charge in [0.2, 0.25) is 0 Å². The van der Waals surface area contributed by atoms with E-state index in [2.05, 4.69) is 10.4 Å². The predicted octanol–water partition coefficient (Wildman–Crippen LogP) is 2.14. The molecule has 0 atom stereocenters. The first-order valence-corrected chi connectivity index (χ1v) is 9.68. The molecule has 0 saturated heterocycles. The van der Waals surface area contributed by atoms with Crippen molar-refractivity contribution in [2.45, 2.75) is 38.6 Å². The maximum Gasteiger partial charge on any atom is 0.359 e. The van der Waals surface area contributed by atoms with E-state index in [1.54, 1.807) is 0 Å². The fourth-order valence-electron chi connectivity index (χ4n) is 3.33. The summed E-state index contributed by atoms with van der Waals surface area (Å²) in [4.78, 5) is 36.1. The Morgan fingerprint density at radius 3 is 2.57 bits per heavy atom. The van der Waals surface area contributed by atoms with Crippen LogP contribution in [0.3, 0.4) is 0 Å². The van der Waals surface area contributed by atoms with E-state index in [0.29, 0.717) is 12.5 Å². The van der Waals surface area contributed by atoms with Crippen LogP contribution in [0.25, 0.3) is 0 Å². The number of nitrogens with one attached hydrogen (secondary N) is 1. The van der Waals surface area contributed by atoms with Crippen molar-refractivity contribution in [1.29, 1.82) is 0 Å². The Morgan fingerprint density at radius 1 is 1.07 bits per heavy atom. The number of esters is 1. The minimum Gasteiger partial charge on any atom is -0.451 e. The summed E-state index contributed by atoms with van der Waals surface area (Å²) in [6.45, 7) is 0.518. The number of hydrogen-bond donors (Lipinski definition) is 1. The van der Waals surface area contributed by atoms with Crippen molar-refractivity contribution >= 4 is 11.9 Å². The molecule has 1 aliphatic rings. The number of hydrogen-bond acceptors (Lipinski definition) is 5. The van der Waals surface area contributed by atoms with E-state index in [1.807, 2.05) is 30.3 Å². The van der Waals surface area contributed by atoms with Crippen molar-refractivity contribution in [1.82, 2.24) is 15.1 Å². The molecule has 1 aromatic carbocycles. The quantitative estimate of drug-likeness (QED) is 0.740. The third kappa shape index (κ3) is 5.77. The summed E-state index contributed by atoms with van der Waals surface area (Å²) in [5.74, 6) is -0.539. The fraction of sp³-hybridized carbons (Fsp3) is 0.429. The van der Waals surface area contributed by atoms with Crippen molar-refractivity contribution in [3.05, 3.63) is 64.1 Å². The molecule has 3 rings (SSSR count). The van der Waals surface area contributed by atoms with Crippen molar-refractivity contribution < 1.29 is 14.3 Å². The molecule has 148 valence electrons. The molecule has 0 unspecified atom stereocenters. The number of aromatic nitrogens is 2. The van der Waals surface area contributed by atoms with E-state index in [4.69, 9.17) is 4.74 Å². The average molecular weight is 383 g/mol. The SMILES string of the molecule is O=C(COC(=O)c1ccc(=O)n(Cc2ccccc2)n1)NCC1CCCCC1. The van der Waals surface area contributed by atoms with Crippen LogP contribution in [0, 0.1) is 5.92 Å². The summed E-state index contributed by atoms with van der Waals surface area (Å²) in [5.41, 5.74) is 0.575. The molecule has 0 spiro atoms. The van der Waals surface area contributed by atoms with Crippen LogP contribution < -0.4 is 10.9 Å². The second-order valence-corrected chi connectivity index (χ2v) is 7.08. The predicted molar refractivity (Wildman–Crippen MR) is 104 cm³/mol. The topological polar surface area (TPSA) is 90.3 Å². The molecule has 7 nitrogen and oxygen atoms in total. The fourth-order valence-corrected chi connectivity index (χ4v) is 3.33. The molecular formula is C21H25N3O4. The van der Waals surface area contributed by atoms with E-state index < -0.39 is 5.97 Å². The molecule has 2 aromatic rings. The van der Waals surface area contributed by atoms with E-state index in [-0.39, 0.29) is 30.3 Å². The van der Waals surface area contributed by atoms with Crippen LogP contribution >= 0.6 is 0 Å². The molecule has 1 N–H and O–H groups in total. The van der Waals surface area contributed by atoms with Gasteiger partial charge in [-0.2, -0.15) is 5.10 Å². The molecule has 1 aromatic heterocycles. The van der Waals surface area contributed by atoms with Gasteiger partial charge in [-0.25, -0.2) is 9.48 Å². The van der Waals surface area contributed by atoms with Crippen molar-refractivity contribution in [3.63, 3.8) is 0 Å².